The predicted octanol–water partition coefficient (Wildman–Crippen LogP) is 2.23. The minimum atomic E-state index is 0.123. The van der Waals surface area contributed by atoms with E-state index in [0.29, 0.717) is 31.0 Å². The zero-order chi connectivity index (χ0) is 14.3. The summed E-state index contributed by atoms with van der Waals surface area (Å²) in [6.45, 7) is 2.00. The number of amides is 1. The Kier molecular flexibility index (Phi) is 6.30. The van der Waals surface area contributed by atoms with Crippen molar-refractivity contribution in [2.45, 2.75) is 63.8 Å². The first kappa shape index (κ1) is 15.8. The fourth-order valence-corrected chi connectivity index (χ4v) is 3.83. The molecule has 0 radical (unpaired) electrons. The number of carbonyl (C=O) groups is 1. The third-order valence-electron chi connectivity index (χ3n) is 5.12. The molecule has 0 unspecified atom stereocenters. The SMILES string of the molecule is COCCNC(=O)CCNC1CCC2(CCCC2)CC1. The van der Waals surface area contributed by atoms with E-state index in [2.05, 4.69) is 10.6 Å². The first-order valence-electron chi connectivity index (χ1n) is 8.23. The molecule has 0 atom stereocenters. The van der Waals surface area contributed by atoms with E-state index in [1.54, 1.807) is 7.11 Å². The Bertz CT molecular complexity index is 291. The van der Waals surface area contributed by atoms with E-state index in [4.69, 9.17) is 4.74 Å². The molecule has 0 aliphatic heterocycles. The number of rotatable bonds is 7. The van der Waals surface area contributed by atoms with Crippen molar-refractivity contribution in [3.63, 3.8) is 0 Å². The van der Waals surface area contributed by atoms with E-state index in [1.807, 2.05) is 0 Å². The van der Waals surface area contributed by atoms with Gasteiger partial charge in [0, 0.05) is 32.7 Å². The van der Waals surface area contributed by atoms with Crippen LogP contribution in [0.2, 0.25) is 0 Å². The Morgan fingerprint density at radius 1 is 1.15 bits per heavy atom. The molecule has 0 bridgehead atoms. The van der Waals surface area contributed by atoms with Crippen LogP contribution >= 0.6 is 0 Å². The highest BCUT2D eigenvalue weighted by Gasteiger charge is 2.37. The second kappa shape index (κ2) is 7.99. The van der Waals surface area contributed by atoms with Gasteiger partial charge in [0.1, 0.15) is 0 Å². The van der Waals surface area contributed by atoms with Crippen molar-refractivity contribution < 1.29 is 9.53 Å². The number of hydrogen-bond donors (Lipinski definition) is 2. The van der Waals surface area contributed by atoms with Crippen LogP contribution in [0.15, 0.2) is 0 Å². The summed E-state index contributed by atoms with van der Waals surface area (Å²) in [4.78, 5) is 11.6. The molecule has 116 valence electrons. The lowest BCUT2D eigenvalue weighted by Crippen LogP contribution is -2.38. The molecule has 2 rings (SSSR count). The predicted molar refractivity (Wildman–Crippen MR) is 80.7 cm³/mol. The molecule has 4 nitrogen and oxygen atoms in total. The summed E-state index contributed by atoms with van der Waals surface area (Å²) >= 11 is 0. The molecular weight excluding hydrogens is 252 g/mol. The van der Waals surface area contributed by atoms with Gasteiger partial charge in [0.05, 0.1) is 6.61 Å². The maximum absolute atomic E-state index is 11.6. The fourth-order valence-electron chi connectivity index (χ4n) is 3.83. The van der Waals surface area contributed by atoms with Crippen molar-refractivity contribution >= 4 is 5.91 Å². The molecule has 0 aromatic rings. The maximum atomic E-state index is 11.6. The molecule has 2 aliphatic carbocycles. The maximum Gasteiger partial charge on any atom is 0.221 e. The highest BCUT2D eigenvalue weighted by molar-refractivity contribution is 5.76. The highest BCUT2D eigenvalue weighted by Crippen LogP contribution is 2.48. The molecule has 0 saturated heterocycles. The van der Waals surface area contributed by atoms with Gasteiger partial charge in [0.25, 0.3) is 0 Å². The first-order chi connectivity index (χ1) is 9.74. The van der Waals surface area contributed by atoms with Gasteiger partial charge in [0.2, 0.25) is 5.91 Å². The van der Waals surface area contributed by atoms with Gasteiger partial charge in [0.15, 0.2) is 0 Å². The van der Waals surface area contributed by atoms with Crippen LogP contribution in [0, 0.1) is 5.41 Å². The Labute approximate surface area is 123 Å². The van der Waals surface area contributed by atoms with Crippen molar-refractivity contribution in [1.82, 2.24) is 10.6 Å². The molecule has 0 aromatic carbocycles. The molecule has 2 fully saturated rings. The van der Waals surface area contributed by atoms with Crippen LogP contribution < -0.4 is 10.6 Å². The summed E-state index contributed by atoms with van der Waals surface area (Å²) in [7, 11) is 1.65. The third-order valence-corrected chi connectivity index (χ3v) is 5.12. The van der Waals surface area contributed by atoms with Crippen LogP contribution in [0.5, 0.6) is 0 Å². The molecule has 4 heteroatoms. The average Bonchev–Trinajstić information content (AvgIpc) is 2.90. The summed E-state index contributed by atoms with van der Waals surface area (Å²) < 4.78 is 4.91. The van der Waals surface area contributed by atoms with Crippen LogP contribution in [0.4, 0.5) is 0 Å². The Hall–Kier alpha value is -0.610. The summed E-state index contributed by atoms with van der Waals surface area (Å²) in [5.74, 6) is 0.123. The van der Waals surface area contributed by atoms with Gasteiger partial charge in [-0.3, -0.25) is 4.79 Å². The van der Waals surface area contributed by atoms with E-state index >= 15 is 0 Å². The number of ether oxygens (including phenoxy) is 1. The summed E-state index contributed by atoms with van der Waals surface area (Å²) in [6.07, 6.45) is 11.8. The quantitative estimate of drug-likeness (QED) is 0.704. The number of carbonyl (C=O) groups excluding carboxylic acids is 1. The summed E-state index contributed by atoms with van der Waals surface area (Å²) in [5, 5.41) is 6.41. The third kappa shape index (κ3) is 4.74. The molecule has 2 N–H and O–H groups in total. The van der Waals surface area contributed by atoms with Gasteiger partial charge in [-0.1, -0.05) is 12.8 Å². The van der Waals surface area contributed by atoms with Crippen molar-refractivity contribution in [3.8, 4) is 0 Å². The zero-order valence-electron chi connectivity index (χ0n) is 12.9. The minimum absolute atomic E-state index is 0.123. The van der Waals surface area contributed by atoms with Crippen LogP contribution in [-0.4, -0.2) is 38.8 Å². The lowest BCUT2D eigenvalue weighted by atomic mass is 9.71. The van der Waals surface area contributed by atoms with Gasteiger partial charge in [-0.15, -0.1) is 0 Å². The lowest BCUT2D eigenvalue weighted by molar-refractivity contribution is -0.121. The minimum Gasteiger partial charge on any atom is -0.383 e. The number of methoxy groups -OCH3 is 1. The van der Waals surface area contributed by atoms with Gasteiger partial charge >= 0.3 is 0 Å². The van der Waals surface area contributed by atoms with E-state index in [1.165, 1.54) is 51.4 Å². The first-order valence-corrected chi connectivity index (χ1v) is 8.23. The largest absolute Gasteiger partial charge is 0.383 e. The van der Waals surface area contributed by atoms with Crippen molar-refractivity contribution in [1.29, 1.82) is 0 Å². The van der Waals surface area contributed by atoms with Gasteiger partial charge in [-0.2, -0.15) is 0 Å². The van der Waals surface area contributed by atoms with Gasteiger partial charge in [-0.05, 0) is 43.9 Å². The monoisotopic (exact) mass is 282 g/mol. The molecule has 2 aliphatic rings. The standard InChI is InChI=1S/C16H30N2O2/c1-20-13-12-18-15(19)6-11-17-14-4-9-16(10-5-14)7-2-3-8-16/h14,17H,2-13H2,1H3,(H,18,19). The molecule has 1 spiro atoms. The van der Waals surface area contributed by atoms with Crippen LogP contribution in [0.1, 0.15) is 57.8 Å². The molecule has 0 heterocycles. The Balaban J connectivity index is 1.53. The van der Waals surface area contributed by atoms with Gasteiger partial charge in [-0.25, -0.2) is 0 Å². The van der Waals surface area contributed by atoms with Gasteiger partial charge < -0.3 is 15.4 Å². The van der Waals surface area contributed by atoms with E-state index in [-0.39, 0.29) is 5.91 Å². The van der Waals surface area contributed by atoms with Crippen LogP contribution in [0.25, 0.3) is 0 Å². The van der Waals surface area contributed by atoms with E-state index in [9.17, 15) is 4.79 Å². The van der Waals surface area contributed by atoms with E-state index < -0.39 is 0 Å². The van der Waals surface area contributed by atoms with Crippen LogP contribution in [0.3, 0.4) is 0 Å². The molecule has 1 amide bonds. The molecule has 2 saturated carbocycles. The van der Waals surface area contributed by atoms with Crippen molar-refractivity contribution in [2.75, 3.05) is 26.8 Å². The van der Waals surface area contributed by atoms with Crippen LogP contribution in [-0.2, 0) is 9.53 Å². The normalized spacial score (nSPS) is 22.2. The fraction of sp³-hybridized carbons (Fsp3) is 0.938. The van der Waals surface area contributed by atoms with E-state index in [0.717, 1.165) is 6.54 Å². The smallest absolute Gasteiger partial charge is 0.221 e. The highest BCUT2D eigenvalue weighted by atomic mass is 16.5. The zero-order valence-corrected chi connectivity index (χ0v) is 12.9. The lowest BCUT2D eigenvalue weighted by Gasteiger charge is -2.37. The summed E-state index contributed by atoms with van der Waals surface area (Å²) in [6, 6.07) is 0.632. The number of hydrogen-bond acceptors (Lipinski definition) is 3. The molecule has 20 heavy (non-hydrogen) atoms. The second-order valence-electron chi connectivity index (χ2n) is 6.53. The summed E-state index contributed by atoms with van der Waals surface area (Å²) in [5.41, 5.74) is 0.704. The topological polar surface area (TPSA) is 50.4 Å². The van der Waals surface area contributed by atoms with Crippen molar-refractivity contribution in [3.05, 3.63) is 0 Å². The second-order valence-corrected chi connectivity index (χ2v) is 6.53. The average molecular weight is 282 g/mol. The Morgan fingerprint density at radius 2 is 1.85 bits per heavy atom. The van der Waals surface area contributed by atoms with Crippen molar-refractivity contribution in [2.24, 2.45) is 5.41 Å². The number of nitrogens with one attached hydrogen (secondary N) is 2. The Morgan fingerprint density at radius 3 is 2.50 bits per heavy atom. The molecular formula is C16H30N2O2. The molecule has 0 aromatic heterocycles.